The van der Waals surface area contributed by atoms with Crippen molar-refractivity contribution in [2.45, 2.75) is 59.0 Å². The predicted molar refractivity (Wildman–Crippen MR) is 70.8 cm³/mol. The van der Waals surface area contributed by atoms with Crippen molar-refractivity contribution in [3.8, 4) is 11.8 Å². The first-order chi connectivity index (χ1) is 7.58. The molecular formula is C13H24N2O2. The molecule has 1 aromatic heterocycles. The number of aromatic nitrogens is 1. The Morgan fingerprint density at radius 1 is 1.18 bits per heavy atom. The number of anilines is 1. The van der Waals surface area contributed by atoms with E-state index in [0.29, 0.717) is 5.69 Å². The first-order valence-electron chi connectivity index (χ1n) is 6.01. The number of hydrogen-bond acceptors (Lipinski definition) is 3. The molecule has 4 nitrogen and oxygen atoms in total. The quantitative estimate of drug-likeness (QED) is 0.760. The maximum absolute atomic E-state index is 10.2. The summed E-state index contributed by atoms with van der Waals surface area (Å²) in [5.41, 5.74) is 0.0925. The Bertz CT molecular complexity index is 400. The highest BCUT2D eigenvalue weighted by atomic mass is 16.3. The third-order valence-electron chi connectivity index (χ3n) is 2.94. The van der Waals surface area contributed by atoms with Crippen LogP contribution in [0.25, 0.3) is 0 Å². The van der Waals surface area contributed by atoms with Gasteiger partial charge in [0.2, 0.25) is 5.88 Å². The minimum Gasteiger partial charge on any atom is -0.494 e. The van der Waals surface area contributed by atoms with Gasteiger partial charge in [0.05, 0.1) is 0 Å². The van der Waals surface area contributed by atoms with Crippen LogP contribution in [0, 0.1) is 0 Å². The second-order valence-electron chi connectivity index (χ2n) is 6.12. The Labute approximate surface area is 103 Å². The minimum atomic E-state index is -0.314. The van der Waals surface area contributed by atoms with Gasteiger partial charge in [-0.1, -0.05) is 6.92 Å². The summed E-state index contributed by atoms with van der Waals surface area (Å²) >= 11 is 0. The zero-order valence-electron chi connectivity index (χ0n) is 11.6. The lowest BCUT2D eigenvalue weighted by molar-refractivity contribution is 0.259. The van der Waals surface area contributed by atoms with Crippen LogP contribution in [-0.2, 0) is 5.54 Å². The van der Waals surface area contributed by atoms with Crippen molar-refractivity contribution in [1.82, 2.24) is 4.57 Å². The Morgan fingerprint density at radius 2 is 1.71 bits per heavy atom. The van der Waals surface area contributed by atoms with Gasteiger partial charge in [-0.05, 0) is 41.0 Å². The van der Waals surface area contributed by atoms with Crippen LogP contribution >= 0.6 is 0 Å². The van der Waals surface area contributed by atoms with E-state index in [9.17, 15) is 10.2 Å². The second kappa shape index (κ2) is 4.17. The maximum atomic E-state index is 10.2. The molecule has 1 aromatic rings. The highest BCUT2D eigenvalue weighted by molar-refractivity contribution is 5.59. The van der Waals surface area contributed by atoms with Crippen molar-refractivity contribution in [2.75, 3.05) is 5.32 Å². The monoisotopic (exact) mass is 240 g/mol. The Morgan fingerprint density at radius 3 is 2.12 bits per heavy atom. The van der Waals surface area contributed by atoms with Gasteiger partial charge < -0.3 is 15.5 Å². The highest BCUT2D eigenvalue weighted by Gasteiger charge is 2.27. The van der Waals surface area contributed by atoms with E-state index < -0.39 is 0 Å². The topological polar surface area (TPSA) is 57.4 Å². The van der Waals surface area contributed by atoms with Crippen LogP contribution < -0.4 is 5.32 Å². The van der Waals surface area contributed by atoms with Gasteiger partial charge >= 0.3 is 0 Å². The molecule has 0 fully saturated rings. The summed E-state index contributed by atoms with van der Waals surface area (Å²) in [6.07, 6.45) is 0.817. The lowest BCUT2D eigenvalue weighted by Crippen LogP contribution is -2.27. The van der Waals surface area contributed by atoms with E-state index in [0.717, 1.165) is 6.42 Å². The van der Waals surface area contributed by atoms with Crippen LogP contribution in [0.1, 0.15) is 48.0 Å². The van der Waals surface area contributed by atoms with Crippen LogP contribution in [0.3, 0.4) is 0 Å². The number of aromatic hydroxyl groups is 2. The molecular weight excluding hydrogens is 216 g/mol. The first-order valence-corrected chi connectivity index (χ1v) is 6.01. The third kappa shape index (κ3) is 2.87. The second-order valence-corrected chi connectivity index (χ2v) is 6.12. The zero-order valence-corrected chi connectivity index (χ0v) is 11.6. The number of hydrogen-bond donors (Lipinski definition) is 3. The number of rotatable bonds is 3. The summed E-state index contributed by atoms with van der Waals surface area (Å²) in [5.74, 6) is 0.172. The molecule has 3 N–H and O–H groups in total. The van der Waals surface area contributed by atoms with Crippen molar-refractivity contribution in [1.29, 1.82) is 0 Å². The summed E-state index contributed by atoms with van der Waals surface area (Å²) in [6.45, 7) is 12.0. The SMILES string of the molecule is CCC(C)(C)n1c(O)cc(NC(C)(C)C)c1O. The summed E-state index contributed by atoms with van der Waals surface area (Å²) in [5, 5.41) is 23.3. The molecule has 0 bridgehead atoms. The molecule has 0 saturated carbocycles. The third-order valence-corrected chi connectivity index (χ3v) is 2.94. The number of nitrogens with zero attached hydrogens (tertiary/aromatic N) is 1. The van der Waals surface area contributed by atoms with E-state index in [2.05, 4.69) is 5.32 Å². The van der Waals surface area contributed by atoms with Crippen LogP contribution in [0.2, 0.25) is 0 Å². The van der Waals surface area contributed by atoms with E-state index >= 15 is 0 Å². The van der Waals surface area contributed by atoms with Crippen LogP contribution in [0.5, 0.6) is 11.8 Å². The molecule has 1 heterocycles. The molecule has 0 saturated heterocycles. The molecule has 0 aromatic carbocycles. The van der Waals surface area contributed by atoms with E-state index in [1.165, 1.54) is 0 Å². The van der Waals surface area contributed by atoms with Gasteiger partial charge in [0, 0.05) is 17.1 Å². The smallest absolute Gasteiger partial charge is 0.218 e. The van der Waals surface area contributed by atoms with Crippen molar-refractivity contribution in [3.63, 3.8) is 0 Å². The molecule has 1 rings (SSSR count). The average Bonchev–Trinajstić information content (AvgIpc) is 2.39. The summed E-state index contributed by atoms with van der Waals surface area (Å²) in [7, 11) is 0. The molecule has 4 heteroatoms. The molecule has 0 amide bonds. The Kier molecular flexibility index (Phi) is 3.37. The van der Waals surface area contributed by atoms with Gasteiger partial charge in [-0.25, -0.2) is 0 Å². The highest BCUT2D eigenvalue weighted by Crippen LogP contribution is 2.39. The first kappa shape index (κ1) is 13.7. The minimum absolute atomic E-state index is 0.0844. The fourth-order valence-corrected chi connectivity index (χ4v) is 1.74. The largest absolute Gasteiger partial charge is 0.494 e. The standard InChI is InChI=1S/C13H24N2O2/c1-7-13(5,6)15-10(16)8-9(11(15)17)14-12(2,3)4/h8,14,16-17H,7H2,1-6H3. The van der Waals surface area contributed by atoms with Crippen LogP contribution in [-0.4, -0.2) is 20.3 Å². The van der Waals surface area contributed by atoms with Gasteiger partial charge in [0.25, 0.3) is 0 Å². The van der Waals surface area contributed by atoms with E-state index in [1.807, 2.05) is 41.5 Å². The lowest BCUT2D eigenvalue weighted by Gasteiger charge is -2.27. The normalized spacial score (nSPS) is 12.8. The molecule has 0 atom stereocenters. The summed E-state index contributed by atoms with van der Waals surface area (Å²) in [6, 6.07) is 1.57. The fraction of sp³-hybridized carbons (Fsp3) is 0.692. The molecule has 0 aliphatic carbocycles. The maximum Gasteiger partial charge on any atom is 0.218 e. The fourth-order valence-electron chi connectivity index (χ4n) is 1.74. The van der Waals surface area contributed by atoms with Gasteiger partial charge in [0.15, 0.2) is 5.88 Å². The van der Waals surface area contributed by atoms with Crippen LogP contribution in [0.15, 0.2) is 6.07 Å². The van der Waals surface area contributed by atoms with Gasteiger partial charge in [0.1, 0.15) is 5.69 Å². The molecule has 17 heavy (non-hydrogen) atoms. The van der Waals surface area contributed by atoms with Crippen molar-refractivity contribution < 1.29 is 10.2 Å². The number of nitrogens with one attached hydrogen (secondary N) is 1. The predicted octanol–water partition coefficient (Wildman–Crippen LogP) is 3.25. The van der Waals surface area contributed by atoms with Crippen molar-refractivity contribution in [2.24, 2.45) is 0 Å². The zero-order chi connectivity index (χ0) is 13.4. The molecule has 0 radical (unpaired) electrons. The van der Waals surface area contributed by atoms with Gasteiger partial charge in [-0.3, -0.25) is 4.57 Å². The molecule has 0 unspecified atom stereocenters. The molecule has 0 spiro atoms. The van der Waals surface area contributed by atoms with Crippen molar-refractivity contribution >= 4 is 5.69 Å². The van der Waals surface area contributed by atoms with E-state index in [1.54, 1.807) is 10.6 Å². The Balaban J connectivity index is 3.20. The van der Waals surface area contributed by atoms with Gasteiger partial charge in [-0.2, -0.15) is 0 Å². The average molecular weight is 240 g/mol. The molecule has 98 valence electrons. The van der Waals surface area contributed by atoms with Crippen LogP contribution in [0.4, 0.5) is 5.69 Å². The van der Waals surface area contributed by atoms with E-state index in [4.69, 9.17) is 0 Å². The molecule has 0 aliphatic heterocycles. The summed E-state index contributed by atoms with van der Waals surface area (Å²) < 4.78 is 1.56. The van der Waals surface area contributed by atoms with Gasteiger partial charge in [-0.15, -0.1) is 0 Å². The van der Waals surface area contributed by atoms with E-state index in [-0.39, 0.29) is 22.8 Å². The summed E-state index contributed by atoms with van der Waals surface area (Å²) in [4.78, 5) is 0. The molecule has 0 aliphatic rings. The van der Waals surface area contributed by atoms with Crippen molar-refractivity contribution in [3.05, 3.63) is 6.07 Å². The lowest BCUT2D eigenvalue weighted by atomic mass is 10.0. The Hall–Kier alpha value is -1.32.